The lowest BCUT2D eigenvalue weighted by Crippen LogP contribution is -2.15. The van der Waals surface area contributed by atoms with Crippen molar-refractivity contribution in [3.05, 3.63) is 16.2 Å². The van der Waals surface area contributed by atoms with Gasteiger partial charge in [-0.3, -0.25) is 9.78 Å². The number of fused-ring (bicyclic) bond motifs is 1. The highest BCUT2D eigenvalue weighted by Crippen LogP contribution is 2.44. The summed E-state index contributed by atoms with van der Waals surface area (Å²) in [5.74, 6) is 2.04. The maximum absolute atomic E-state index is 11.7. The van der Waals surface area contributed by atoms with E-state index in [1.54, 1.807) is 0 Å². The zero-order valence-electron chi connectivity index (χ0n) is 9.41. The van der Waals surface area contributed by atoms with Gasteiger partial charge >= 0.3 is 0 Å². The highest BCUT2D eigenvalue weighted by molar-refractivity contribution is 8.00. The van der Waals surface area contributed by atoms with E-state index in [4.69, 9.17) is 5.73 Å². The number of thioether (sulfide) groups is 1. The third-order valence-electron chi connectivity index (χ3n) is 3.10. The molecule has 1 aliphatic heterocycles. The summed E-state index contributed by atoms with van der Waals surface area (Å²) in [5, 5.41) is 0. The molecule has 0 aliphatic carbocycles. The van der Waals surface area contributed by atoms with Gasteiger partial charge < -0.3 is 10.7 Å². The summed E-state index contributed by atoms with van der Waals surface area (Å²) in [7, 11) is 0. The molecule has 17 heavy (non-hydrogen) atoms. The van der Waals surface area contributed by atoms with Gasteiger partial charge in [0.05, 0.1) is 4.75 Å². The van der Waals surface area contributed by atoms with Crippen molar-refractivity contribution in [2.45, 2.75) is 24.5 Å². The Kier molecular flexibility index (Phi) is 2.19. The molecule has 1 unspecified atom stereocenters. The first kappa shape index (κ1) is 10.6. The number of imidazole rings is 1. The topological polar surface area (TPSA) is 100 Å². The van der Waals surface area contributed by atoms with E-state index in [9.17, 15) is 4.79 Å². The molecule has 0 aromatic carbocycles. The summed E-state index contributed by atoms with van der Waals surface area (Å²) >= 11 is 1.86. The predicted molar refractivity (Wildman–Crippen MR) is 68.0 cm³/mol. The van der Waals surface area contributed by atoms with Crippen molar-refractivity contribution in [1.29, 1.82) is 0 Å². The van der Waals surface area contributed by atoms with E-state index in [0.717, 1.165) is 18.0 Å². The molecule has 1 aliphatic rings. The van der Waals surface area contributed by atoms with Crippen molar-refractivity contribution in [3.63, 3.8) is 0 Å². The van der Waals surface area contributed by atoms with Crippen molar-refractivity contribution in [1.82, 2.24) is 19.9 Å². The number of H-pyrrole nitrogens is 2. The van der Waals surface area contributed by atoms with Crippen molar-refractivity contribution < 1.29 is 0 Å². The van der Waals surface area contributed by atoms with Gasteiger partial charge in [0.25, 0.3) is 5.56 Å². The Morgan fingerprint density at radius 1 is 1.41 bits per heavy atom. The van der Waals surface area contributed by atoms with Gasteiger partial charge in [0.2, 0.25) is 5.95 Å². The van der Waals surface area contributed by atoms with Crippen LogP contribution in [0.4, 0.5) is 5.95 Å². The number of aromatic nitrogens is 4. The first-order valence-corrected chi connectivity index (χ1v) is 6.47. The average molecular weight is 251 g/mol. The van der Waals surface area contributed by atoms with Crippen LogP contribution in [0.25, 0.3) is 11.2 Å². The number of nitrogens with two attached hydrogens (primary N) is 1. The number of nitrogen functional groups attached to an aromatic ring is 1. The van der Waals surface area contributed by atoms with E-state index in [1.165, 1.54) is 6.42 Å². The van der Waals surface area contributed by atoms with Gasteiger partial charge in [-0.05, 0) is 25.5 Å². The minimum Gasteiger partial charge on any atom is -0.369 e. The second-order valence-electron chi connectivity index (χ2n) is 4.42. The van der Waals surface area contributed by atoms with Crippen LogP contribution in [0.2, 0.25) is 0 Å². The summed E-state index contributed by atoms with van der Waals surface area (Å²) in [6.45, 7) is 2.14. The van der Waals surface area contributed by atoms with Crippen LogP contribution in [0.15, 0.2) is 4.79 Å². The van der Waals surface area contributed by atoms with Crippen LogP contribution in [0.3, 0.4) is 0 Å². The SMILES string of the molecule is CC1(c2nc3nc(N)[nH]c(=O)c3[nH]2)CCCS1. The Labute approximate surface area is 101 Å². The van der Waals surface area contributed by atoms with Gasteiger partial charge in [-0.1, -0.05) is 0 Å². The van der Waals surface area contributed by atoms with Crippen LogP contribution in [0, 0.1) is 0 Å². The molecule has 1 saturated heterocycles. The van der Waals surface area contributed by atoms with Crippen LogP contribution in [-0.4, -0.2) is 25.7 Å². The van der Waals surface area contributed by atoms with E-state index in [2.05, 4.69) is 26.9 Å². The van der Waals surface area contributed by atoms with E-state index >= 15 is 0 Å². The van der Waals surface area contributed by atoms with Crippen LogP contribution in [-0.2, 0) is 4.75 Å². The van der Waals surface area contributed by atoms with E-state index < -0.39 is 0 Å². The number of nitrogens with zero attached hydrogens (tertiary/aromatic N) is 2. The molecule has 3 rings (SSSR count). The van der Waals surface area contributed by atoms with E-state index in [-0.39, 0.29) is 16.3 Å². The van der Waals surface area contributed by atoms with Gasteiger partial charge in [-0.25, -0.2) is 4.98 Å². The summed E-state index contributed by atoms with van der Waals surface area (Å²) in [6, 6.07) is 0. The molecule has 90 valence electrons. The normalized spacial score (nSPS) is 24.5. The molecule has 2 aromatic heterocycles. The molecular weight excluding hydrogens is 238 g/mol. The molecule has 0 radical (unpaired) electrons. The predicted octanol–water partition coefficient (Wildman–Crippen LogP) is 0.971. The summed E-state index contributed by atoms with van der Waals surface area (Å²) in [5.41, 5.74) is 6.03. The first-order valence-electron chi connectivity index (χ1n) is 5.48. The van der Waals surface area contributed by atoms with Crippen molar-refractivity contribution in [3.8, 4) is 0 Å². The van der Waals surface area contributed by atoms with Gasteiger partial charge in [0.15, 0.2) is 11.2 Å². The van der Waals surface area contributed by atoms with Gasteiger partial charge in [0.1, 0.15) is 5.82 Å². The summed E-state index contributed by atoms with van der Waals surface area (Å²) in [6.07, 6.45) is 2.23. The number of nitrogens with one attached hydrogen (secondary N) is 2. The Hall–Kier alpha value is -1.50. The Balaban J connectivity index is 2.20. The Morgan fingerprint density at radius 2 is 2.24 bits per heavy atom. The fourth-order valence-corrected chi connectivity index (χ4v) is 3.40. The molecule has 0 spiro atoms. The zero-order chi connectivity index (χ0) is 12.0. The van der Waals surface area contributed by atoms with Crippen LogP contribution in [0.1, 0.15) is 25.6 Å². The molecule has 0 bridgehead atoms. The number of hydrogen-bond donors (Lipinski definition) is 3. The molecule has 1 atom stereocenters. The summed E-state index contributed by atoms with van der Waals surface area (Å²) in [4.78, 5) is 25.7. The zero-order valence-corrected chi connectivity index (χ0v) is 10.2. The van der Waals surface area contributed by atoms with Crippen molar-refractivity contribution >= 4 is 28.9 Å². The van der Waals surface area contributed by atoms with Gasteiger partial charge in [0, 0.05) is 0 Å². The summed E-state index contributed by atoms with van der Waals surface area (Å²) < 4.78 is -0.0398. The lowest BCUT2D eigenvalue weighted by atomic mass is 10.1. The standard InChI is InChI=1S/C10H13N5OS/c1-10(3-2-4-17-10)8-12-5-6(13-8)14-9(11)15-7(5)16/h2-4H2,1H3,(H4,11,12,13,14,15,16). The van der Waals surface area contributed by atoms with E-state index in [1.807, 2.05) is 11.8 Å². The maximum Gasteiger partial charge on any atom is 0.278 e. The Bertz CT molecular complexity index is 625. The monoisotopic (exact) mass is 251 g/mol. The quantitative estimate of drug-likeness (QED) is 0.701. The van der Waals surface area contributed by atoms with Gasteiger partial charge in [-0.15, -0.1) is 11.8 Å². The molecule has 3 heterocycles. The fraction of sp³-hybridized carbons (Fsp3) is 0.500. The largest absolute Gasteiger partial charge is 0.369 e. The van der Waals surface area contributed by atoms with Crippen molar-refractivity contribution in [2.75, 3.05) is 11.5 Å². The third kappa shape index (κ3) is 1.61. The molecular formula is C10H13N5OS. The first-order chi connectivity index (χ1) is 8.08. The highest BCUT2D eigenvalue weighted by Gasteiger charge is 2.34. The maximum atomic E-state index is 11.7. The number of aromatic amines is 2. The number of rotatable bonds is 1. The molecule has 2 aromatic rings. The second kappa shape index (κ2) is 3.49. The minimum absolute atomic E-state index is 0.0398. The van der Waals surface area contributed by atoms with Crippen LogP contribution < -0.4 is 11.3 Å². The highest BCUT2D eigenvalue weighted by atomic mass is 32.2. The minimum atomic E-state index is -0.266. The lowest BCUT2D eigenvalue weighted by molar-refractivity contribution is 0.614. The molecule has 4 N–H and O–H groups in total. The fourth-order valence-electron chi connectivity index (χ4n) is 2.14. The average Bonchev–Trinajstić information content (AvgIpc) is 2.84. The third-order valence-corrected chi connectivity index (χ3v) is 4.63. The Morgan fingerprint density at radius 3 is 2.94 bits per heavy atom. The smallest absolute Gasteiger partial charge is 0.278 e. The lowest BCUT2D eigenvalue weighted by Gasteiger charge is -2.18. The van der Waals surface area contributed by atoms with Crippen LogP contribution >= 0.6 is 11.8 Å². The number of anilines is 1. The second-order valence-corrected chi connectivity index (χ2v) is 6.02. The van der Waals surface area contributed by atoms with E-state index in [0.29, 0.717) is 11.2 Å². The molecule has 7 heteroatoms. The molecule has 6 nitrogen and oxygen atoms in total. The van der Waals surface area contributed by atoms with Crippen molar-refractivity contribution in [2.24, 2.45) is 0 Å². The van der Waals surface area contributed by atoms with Gasteiger partial charge in [-0.2, -0.15) is 4.98 Å². The van der Waals surface area contributed by atoms with Crippen LogP contribution in [0.5, 0.6) is 0 Å². The molecule has 0 saturated carbocycles. The molecule has 1 fully saturated rings. The number of hydrogen-bond acceptors (Lipinski definition) is 5. The molecule has 0 amide bonds.